The molecule has 1 fully saturated rings. The number of nitrogens with one attached hydrogen (secondary N) is 1. The third kappa shape index (κ3) is 3.68. The van der Waals surface area contributed by atoms with Crippen LogP contribution in [-0.4, -0.2) is 28.5 Å². The summed E-state index contributed by atoms with van der Waals surface area (Å²) < 4.78 is 1.13. The van der Waals surface area contributed by atoms with Crippen LogP contribution < -0.4 is 5.32 Å². The summed E-state index contributed by atoms with van der Waals surface area (Å²) in [5, 5.41) is 13.6. The third-order valence-corrected chi connectivity index (χ3v) is 6.01. The van der Waals surface area contributed by atoms with Crippen molar-refractivity contribution in [3.05, 3.63) is 5.01 Å². The van der Waals surface area contributed by atoms with Crippen molar-refractivity contribution in [3.63, 3.8) is 0 Å². The van der Waals surface area contributed by atoms with Crippen LogP contribution in [0.15, 0.2) is 4.34 Å². The average molecular weight is 285 g/mol. The normalized spacial score (nSPS) is 28.5. The van der Waals surface area contributed by atoms with Crippen LogP contribution in [0, 0.1) is 12.8 Å². The second-order valence-corrected chi connectivity index (χ2v) is 7.77. The SMILES string of the molecule is CCCC1CCC(NC)C(Sc2nnc(C)s2)C1. The first-order chi connectivity index (χ1) is 8.72. The molecule has 5 heteroatoms. The van der Waals surface area contributed by atoms with Gasteiger partial charge < -0.3 is 5.32 Å². The molecule has 3 nitrogen and oxygen atoms in total. The van der Waals surface area contributed by atoms with Crippen molar-refractivity contribution in [3.8, 4) is 0 Å². The molecule has 1 heterocycles. The van der Waals surface area contributed by atoms with Gasteiger partial charge in [0.1, 0.15) is 5.01 Å². The van der Waals surface area contributed by atoms with Gasteiger partial charge in [0.25, 0.3) is 0 Å². The first-order valence-corrected chi connectivity index (χ1v) is 8.56. The van der Waals surface area contributed by atoms with Crippen molar-refractivity contribution in [2.75, 3.05) is 7.05 Å². The highest BCUT2D eigenvalue weighted by Gasteiger charge is 2.30. The van der Waals surface area contributed by atoms with Gasteiger partial charge in [0.05, 0.1) is 0 Å². The Morgan fingerprint density at radius 1 is 1.39 bits per heavy atom. The standard InChI is InChI=1S/C13H23N3S2/c1-4-5-10-6-7-11(14-3)12(8-10)18-13-16-15-9(2)17-13/h10-12,14H,4-8H2,1-3H3. The summed E-state index contributed by atoms with van der Waals surface area (Å²) in [6.07, 6.45) is 6.69. The molecule has 1 aliphatic carbocycles. The summed E-state index contributed by atoms with van der Waals surface area (Å²) >= 11 is 3.65. The van der Waals surface area contributed by atoms with E-state index in [9.17, 15) is 0 Å². The molecule has 0 radical (unpaired) electrons. The number of hydrogen-bond acceptors (Lipinski definition) is 5. The van der Waals surface area contributed by atoms with Crippen LogP contribution in [-0.2, 0) is 0 Å². The summed E-state index contributed by atoms with van der Waals surface area (Å²) in [6, 6.07) is 0.632. The third-order valence-electron chi connectivity index (χ3n) is 3.73. The monoisotopic (exact) mass is 285 g/mol. The van der Waals surface area contributed by atoms with Crippen LogP contribution in [0.5, 0.6) is 0 Å². The van der Waals surface area contributed by atoms with Gasteiger partial charge in [-0.15, -0.1) is 10.2 Å². The molecule has 2 rings (SSSR count). The zero-order chi connectivity index (χ0) is 13.0. The van der Waals surface area contributed by atoms with Gasteiger partial charge in [-0.25, -0.2) is 0 Å². The minimum atomic E-state index is 0.632. The van der Waals surface area contributed by atoms with E-state index in [-0.39, 0.29) is 0 Å². The Bertz CT molecular complexity index is 367. The van der Waals surface area contributed by atoms with Crippen molar-refractivity contribution >= 4 is 23.1 Å². The predicted octanol–water partition coefficient (Wildman–Crippen LogP) is 3.50. The van der Waals surface area contributed by atoms with E-state index in [2.05, 4.69) is 29.5 Å². The second-order valence-electron chi connectivity index (χ2n) is 5.11. The van der Waals surface area contributed by atoms with E-state index in [1.165, 1.54) is 32.1 Å². The molecule has 1 aliphatic rings. The summed E-state index contributed by atoms with van der Waals surface area (Å²) in [6.45, 7) is 4.32. The Balaban J connectivity index is 1.97. The van der Waals surface area contributed by atoms with Crippen molar-refractivity contribution in [2.45, 2.75) is 61.6 Å². The zero-order valence-electron chi connectivity index (χ0n) is 11.5. The molecule has 1 N–H and O–H groups in total. The molecule has 0 spiro atoms. The molecule has 3 atom stereocenters. The quantitative estimate of drug-likeness (QED) is 0.898. The van der Waals surface area contributed by atoms with E-state index in [0.717, 1.165) is 15.3 Å². The Labute approximate surface area is 118 Å². The van der Waals surface area contributed by atoms with Crippen LogP contribution in [0.1, 0.15) is 44.0 Å². The van der Waals surface area contributed by atoms with Crippen molar-refractivity contribution in [1.29, 1.82) is 0 Å². The molecule has 1 aromatic rings. The number of hydrogen-bond donors (Lipinski definition) is 1. The minimum Gasteiger partial charge on any atom is -0.316 e. The van der Waals surface area contributed by atoms with Crippen LogP contribution in [0.25, 0.3) is 0 Å². The Kier molecular flexibility index (Phi) is 5.45. The Morgan fingerprint density at radius 3 is 2.83 bits per heavy atom. The molecular weight excluding hydrogens is 262 g/mol. The molecule has 0 saturated heterocycles. The molecule has 0 amide bonds. The summed E-state index contributed by atoms with van der Waals surface area (Å²) in [5.41, 5.74) is 0. The molecular formula is C13H23N3S2. The lowest BCUT2D eigenvalue weighted by atomic mass is 9.83. The van der Waals surface area contributed by atoms with Crippen LogP contribution in [0.2, 0.25) is 0 Å². The molecule has 18 heavy (non-hydrogen) atoms. The van der Waals surface area contributed by atoms with Crippen molar-refractivity contribution < 1.29 is 0 Å². The maximum atomic E-state index is 4.25. The molecule has 0 aliphatic heterocycles. The first-order valence-electron chi connectivity index (χ1n) is 6.87. The van der Waals surface area contributed by atoms with Crippen LogP contribution in [0.4, 0.5) is 0 Å². The maximum absolute atomic E-state index is 4.25. The highest BCUT2D eigenvalue weighted by Crippen LogP contribution is 2.38. The summed E-state index contributed by atoms with van der Waals surface area (Å²) in [7, 11) is 2.09. The molecule has 0 bridgehead atoms. The number of nitrogens with zero attached hydrogens (tertiary/aromatic N) is 2. The maximum Gasteiger partial charge on any atom is 0.174 e. The van der Waals surface area contributed by atoms with E-state index in [1.807, 2.05) is 18.7 Å². The van der Waals surface area contributed by atoms with E-state index >= 15 is 0 Å². The largest absolute Gasteiger partial charge is 0.316 e. The average Bonchev–Trinajstić information content (AvgIpc) is 2.76. The Morgan fingerprint density at radius 2 is 2.22 bits per heavy atom. The van der Waals surface area contributed by atoms with E-state index < -0.39 is 0 Å². The van der Waals surface area contributed by atoms with E-state index in [0.29, 0.717) is 11.3 Å². The van der Waals surface area contributed by atoms with Crippen LogP contribution >= 0.6 is 23.1 Å². The van der Waals surface area contributed by atoms with Crippen molar-refractivity contribution in [2.24, 2.45) is 5.92 Å². The van der Waals surface area contributed by atoms with Gasteiger partial charge in [0.15, 0.2) is 4.34 Å². The Hall–Kier alpha value is -0.130. The van der Waals surface area contributed by atoms with E-state index in [4.69, 9.17) is 0 Å². The first kappa shape index (κ1) is 14.3. The fraction of sp³-hybridized carbons (Fsp3) is 0.846. The fourth-order valence-electron chi connectivity index (χ4n) is 2.80. The predicted molar refractivity (Wildman–Crippen MR) is 79.4 cm³/mol. The number of aromatic nitrogens is 2. The van der Waals surface area contributed by atoms with Gasteiger partial charge in [-0.3, -0.25) is 0 Å². The van der Waals surface area contributed by atoms with Gasteiger partial charge in [-0.05, 0) is 39.2 Å². The second kappa shape index (κ2) is 6.87. The van der Waals surface area contributed by atoms with Gasteiger partial charge >= 0.3 is 0 Å². The molecule has 3 unspecified atom stereocenters. The van der Waals surface area contributed by atoms with Gasteiger partial charge in [0, 0.05) is 11.3 Å². The summed E-state index contributed by atoms with van der Waals surface area (Å²) in [5.74, 6) is 0.908. The van der Waals surface area contributed by atoms with Crippen molar-refractivity contribution in [1.82, 2.24) is 15.5 Å². The molecule has 1 saturated carbocycles. The minimum absolute atomic E-state index is 0.632. The molecule has 0 aromatic carbocycles. The topological polar surface area (TPSA) is 37.8 Å². The van der Waals surface area contributed by atoms with E-state index in [1.54, 1.807) is 11.3 Å². The number of thioether (sulfide) groups is 1. The van der Waals surface area contributed by atoms with Crippen LogP contribution in [0.3, 0.4) is 0 Å². The molecule has 1 aromatic heterocycles. The highest BCUT2D eigenvalue weighted by atomic mass is 32.2. The fourth-order valence-corrected chi connectivity index (χ4v) is 5.29. The van der Waals surface area contributed by atoms with Gasteiger partial charge in [0.2, 0.25) is 0 Å². The van der Waals surface area contributed by atoms with Gasteiger partial charge in [-0.2, -0.15) is 0 Å². The number of aryl methyl sites for hydroxylation is 1. The lowest BCUT2D eigenvalue weighted by Gasteiger charge is -2.35. The van der Waals surface area contributed by atoms with Gasteiger partial charge in [-0.1, -0.05) is 42.9 Å². The number of rotatable bonds is 5. The zero-order valence-corrected chi connectivity index (χ0v) is 13.1. The lowest BCUT2D eigenvalue weighted by molar-refractivity contribution is 0.295. The smallest absolute Gasteiger partial charge is 0.174 e. The summed E-state index contributed by atoms with van der Waals surface area (Å²) in [4.78, 5) is 0. The highest BCUT2D eigenvalue weighted by molar-refractivity contribution is 8.01. The lowest BCUT2D eigenvalue weighted by Crippen LogP contribution is -2.40. The molecule has 102 valence electrons.